The third-order valence-corrected chi connectivity index (χ3v) is 4.48. The van der Waals surface area contributed by atoms with Gasteiger partial charge in [-0.05, 0) is 24.7 Å². The predicted octanol–water partition coefficient (Wildman–Crippen LogP) is 1.82. The van der Waals surface area contributed by atoms with Gasteiger partial charge < -0.3 is 14.8 Å². The summed E-state index contributed by atoms with van der Waals surface area (Å²) in [5.74, 6) is 2.21. The number of fused-ring (bicyclic) bond motifs is 1. The van der Waals surface area contributed by atoms with Gasteiger partial charge in [-0.1, -0.05) is 13.8 Å². The fourth-order valence-electron chi connectivity index (χ4n) is 2.89. The van der Waals surface area contributed by atoms with Crippen LogP contribution in [-0.4, -0.2) is 40.0 Å². The molecule has 0 saturated carbocycles. The maximum atomic E-state index is 12.5. The molecule has 5 nitrogen and oxygen atoms in total. The summed E-state index contributed by atoms with van der Waals surface area (Å²) in [5.41, 5.74) is 0.589. The van der Waals surface area contributed by atoms with Crippen LogP contribution < -0.4 is 5.32 Å². The molecule has 2 aliphatic rings. The zero-order valence-corrected chi connectivity index (χ0v) is 11.7. The minimum atomic E-state index is 0.0856. The van der Waals surface area contributed by atoms with E-state index in [0.29, 0.717) is 17.5 Å². The average Bonchev–Trinajstić information content (AvgIpc) is 2.85. The number of anilines is 1. The van der Waals surface area contributed by atoms with Crippen molar-refractivity contribution < 1.29 is 4.79 Å². The topological polar surface area (TPSA) is 50.2 Å². The van der Waals surface area contributed by atoms with Gasteiger partial charge in [-0.15, -0.1) is 0 Å². The number of hydrogen-bond acceptors (Lipinski definition) is 3. The first-order valence-corrected chi connectivity index (χ1v) is 7.25. The minimum absolute atomic E-state index is 0.0856. The largest absolute Gasteiger partial charge is 0.356 e. The molecule has 0 aliphatic carbocycles. The molecule has 1 N–H and O–H groups in total. The van der Waals surface area contributed by atoms with Gasteiger partial charge in [-0.2, -0.15) is 0 Å². The van der Waals surface area contributed by atoms with E-state index in [-0.39, 0.29) is 5.91 Å². The van der Waals surface area contributed by atoms with Crippen molar-refractivity contribution in [1.29, 1.82) is 0 Å². The summed E-state index contributed by atoms with van der Waals surface area (Å²) < 4.78 is 2.05. The zero-order valence-electron chi connectivity index (χ0n) is 11.7. The van der Waals surface area contributed by atoms with Crippen LogP contribution in [0.3, 0.4) is 0 Å². The van der Waals surface area contributed by atoms with Gasteiger partial charge in [-0.25, -0.2) is 4.98 Å². The fraction of sp³-hybridized carbons (Fsp3) is 0.714. The lowest BCUT2D eigenvalue weighted by Gasteiger charge is -2.34. The SMILES string of the molecule is CC1CCN(C(=O)c2cn3c(n2)NCCC3)CC1C. The molecular formula is C14H22N4O. The van der Waals surface area contributed by atoms with Crippen LogP contribution in [0, 0.1) is 11.8 Å². The highest BCUT2D eigenvalue weighted by Gasteiger charge is 2.28. The van der Waals surface area contributed by atoms with Crippen molar-refractivity contribution in [1.82, 2.24) is 14.5 Å². The van der Waals surface area contributed by atoms with E-state index in [9.17, 15) is 4.79 Å². The molecule has 104 valence electrons. The normalized spacial score (nSPS) is 26.7. The number of likely N-dealkylation sites (tertiary alicyclic amines) is 1. The molecule has 1 aromatic heterocycles. The van der Waals surface area contributed by atoms with Crippen LogP contribution >= 0.6 is 0 Å². The summed E-state index contributed by atoms with van der Waals surface area (Å²) in [6.07, 6.45) is 4.08. The molecule has 2 aliphatic heterocycles. The number of amides is 1. The Kier molecular flexibility index (Phi) is 3.21. The minimum Gasteiger partial charge on any atom is -0.356 e. The van der Waals surface area contributed by atoms with Crippen LogP contribution in [0.4, 0.5) is 5.95 Å². The highest BCUT2D eigenvalue weighted by molar-refractivity contribution is 5.92. The van der Waals surface area contributed by atoms with Crippen molar-refractivity contribution in [2.45, 2.75) is 33.2 Å². The zero-order chi connectivity index (χ0) is 13.4. The van der Waals surface area contributed by atoms with Crippen LogP contribution in [-0.2, 0) is 6.54 Å². The molecule has 19 heavy (non-hydrogen) atoms. The Morgan fingerprint density at radius 2 is 2.21 bits per heavy atom. The van der Waals surface area contributed by atoms with Crippen LogP contribution in [0.5, 0.6) is 0 Å². The van der Waals surface area contributed by atoms with Gasteiger partial charge in [0.15, 0.2) is 0 Å². The molecule has 0 radical (unpaired) electrons. The van der Waals surface area contributed by atoms with E-state index < -0.39 is 0 Å². The molecule has 5 heteroatoms. The van der Waals surface area contributed by atoms with Crippen LogP contribution in [0.2, 0.25) is 0 Å². The molecule has 1 amide bonds. The first-order valence-electron chi connectivity index (χ1n) is 7.25. The fourth-order valence-corrected chi connectivity index (χ4v) is 2.89. The van der Waals surface area contributed by atoms with E-state index in [0.717, 1.165) is 45.0 Å². The Morgan fingerprint density at radius 3 is 2.95 bits per heavy atom. The lowest BCUT2D eigenvalue weighted by atomic mass is 9.88. The van der Waals surface area contributed by atoms with Crippen LogP contribution in [0.1, 0.15) is 37.2 Å². The highest BCUT2D eigenvalue weighted by atomic mass is 16.2. The van der Waals surface area contributed by atoms with Crippen molar-refractivity contribution >= 4 is 11.9 Å². The van der Waals surface area contributed by atoms with E-state index in [4.69, 9.17) is 0 Å². The third-order valence-electron chi connectivity index (χ3n) is 4.48. The van der Waals surface area contributed by atoms with Gasteiger partial charge in [0.1, 0.15) is 5.69 Å². The first kappa shape index (κ1) is 12.5. The summed E-state index contributed by atoms with van der Waals surface area (Å²) in [7, 11) is 0. The lowest BCUT2D eigenvalue weighted by Crippen LogP contribution is -2.42. The summed E-state index contributed by atoms with van der Waals surface area (Å²) in [6.45, 7) is 8.12. The summed E-state index contributed by atoms with van der Waals surface area (Å²) in [4.78, 5) is 18.9. The number of aryl methyl sites for hydroxylation is 1. The van der Waals surface area contributed by atoms with Crippen molar-refractivity contribution in [3.05, 3.63) is 11.9 Å². The molecule has 0 spiro atoms. The Morgan fingerprint density at radius 1 is 1.37 bits per heavy atom. The van der Waals surface area contributed by atoms with Gasteiger partial charge in [0, 0.05) is 32.4 Å². The number of hydrogen-bond donors (Lipinski definition) is 1. The summed E-state index contributed by atoms with van der Waals surface area (Å²) >= 11 is 0. The second-order valence-corrected chi connectivity index (χ2v) is 5.92. The van der Waals surface area contributed by atoms with E-state index in [2.05, 4.69) is 24.1 Å². The Bertz CT molecular complexity index is 458. The first-order chi connectivity index (χ1) is 9.15. The molecule has 1 saturated heterocycles. The van der Waals surface area contributed by atoms with Gasteiger partial charge in [0.05, 0.1) is 0 Å². The molecule has 0 bridgehead atoms. The second kappa shape index (κ2) is 4.87. The van der Waals surface area contributed by atoms with E-state index >= 15 is 0 Å². The number of carbonyl (C=O) groups excluding carboxylic acids is 1. The quantitative estimate of drug-likeness (QED) is 0.840. The van der Waals surface area contributed by atoms with Crippen molar-refractivity contribution in [2.24, 2.45) is 11.8 Å². The summed E-state index contributed by atoms with van der Waals surface area (Å²) in [5, 5.41) is 3.24. The number of carbonyl (C=O) groups is 1. The smallest absolute Gasteiger partial charge is 0.274 e. The number of nitrogens with zero attached hydrogens (tertiary/aromatic N) is 3. The van der Waals surface area contributed by atoms with E-state index in [1.54, 1.807) is 0 Å². The standard InChI is InChI=1S/C14H22N4O/c1-10-4-7-17(8-11(10)2)13(19)12-9-18-6-3-5-15-14(18)16-12/h9-11H,3-8H2,1-2H3,(H,15,16). The molecule has 1 aromatic rings. The van der Waals surface area contributed by atoms with Gasteiger partial charge in [-0.3, -0.25) is 4.79 Å². The van der Waals surface area contributed by atoms with Gasteiger partial charge in [0.2, 0.25) is 5.95 Å². The maximum absolute atomic E-state index is 12.5. The van der Waals surface area contributed by atoms with Crippen molar-refractivity contribution in [3.8, 4) is 0 Å². The van der Waals surface area contributed by atoms with E-state index in [1.807, 2.05) is 15.7 Å². The number of imidazole rings is 1. The average molecular weight is 262 g/mol. The van der Waals surface area contributed by atoms with E-state index in [1.165, 1.54) is 0 Å². The van der Waals surface area contributed by atoms with Gasteiger partial charge in [0.25, 0.3) is 5.91 Å². The monoisotopic (exact) mass is 262 g/mol. The molecular weight excluding hydrogens is 240 g/mol. The lowest BCUT2D eigenvalue weighted by molar-refractivity contribution is 0.0622. The van der Waals surface area contributed by atoms with Crippen LogP contribution in [0.15, 0.2) is 6.20 Å². The Hall–Kier alpha value is -1.52. The van der Waals surface area contributed by atoms with Crippen molar-refractivity contribution in [3.63, 3.8) is 0 Å². The predicted molar refractivity (Wildman–Crippen MR) is 74.2 cm³/mol. The second-order valence-electron chi connectivity index (χ2n) is 5.92. The highest BCUT2D eigenvalue weighted by Crippen LogP contribution is 2.24. The number of aromatic nitrogens is 2. The number of rotatable bonds is 1. The molecule has 2 unspecified atom stereocenters. The molecule has 3 heterocycles. The van der Waals surface area contributed by atoms with Gasteiger partial charge >= 0.3 is 0 Å². The molecule has 0 aromatic carbocycles. The molecule has 1 fully saturated rings. The van der Waals surface area contributed by atoms with Crippen LogP contribution in [0.25, 0.3) is 0 Å². The third kappa shape index (κ3) is 2.33. The Balaban J connectivity index is 1.75. The maximum Gasteiger partial charge on any atom is 0.274 e. The van der Waals surface area contributed by atoms with Crippen molar-refractivity contribution in [2.75, 3.05) is 25.0 Å². The number of piperidine rings is 1. The molecule has 3 rings (SSSR count). The number of nitrogens with one attached hydrogen (secondary N) is 1. The Labute approximate surface area is 114 Å². The summed E-state index contributed by atoms with van der Waals surface area (Å²) in [6, 6.07) is 0. The molecule has 2 atom stereocenters.